The van der Waals surface area contributed by atoms with E-state index < -0.39 is 11.2 Å². The zero-order chi connectivity index (χ0) is 19.4. The molecule has 2 aromatic carbocycles. The quantitative estimate of drug-likeness (QED) is 0.780. The summed E-state index contributed by atoms with van der Waals surface area (Å²) >= 11 is 0. The van der Waals surface area contributed by atoms with Crippen LogP contribution in [-0.2, 0) is 10.3 Å². The maximum Gasteiger partial charge on any atom is 0.410 e. The Kier molecular flexibility index (Phi) is 4.22. The van der Waals surface area contributed by atoms with Crippen LogP contribution in [0.5, 0.6) is 0 Å². The van der Waals surface area contributed by atoms with E-state index in [-0.39, 0.29) is 18.2 Å². The lowest BCUT2D eigenvalue weighted by atomic mass is 9.78. The third-order valence-corrected chi connectivity index (χ3v) is 6.01. The fraction of sp³-hybridized carbons (Fsp3) is 0.522. The molecular weight excluding hydrogens is 338 g/mol. The molecule has 27 heavy (non-hydrogen) atoms. The smallest absolute Gasteiger partial charge is 0.410 e. The van der Waals surface area contributed by atoms with Crippen LogP contribution in [-0.4, -0.2) is 33.8 Å². The highest BCUT2D eigenvalue weighted by atomic mass is 16.6. The summed E-state index contributed by atoms with van der Waals surface area (Å²) in [6, 6.07) is 12.5. The molecule has 0 radical (unpaired) electrons. The van der Waals surface area contributed by atoms with Gasteiger partial charge in [0.1, 0.15) is 5.60 Å². The Labute approximate surface area is 161 Å². The molecule has 2 fully saturated rings. The maximum atomic E-state index is 12.7. The lowest BCUT2D eigenvalue weighted by Gasteiger charge is -2.44. The van der Waals surface area contributed by atoms with E-state index in [0.29, 0.717) is 12.8 Å². The fourth-order valence-corrected chi connectivity index (χ4v) is 4.91. The molecule has 4 nitrogen and oxygen atoms in total. The van der Waals surface area contributed by atoms with E-state index in [4.69, 9.17) is 4.74 Å². The van der Waals surface area contributed by atoms with Crippen LogP contribution in [0.1, 0.15) is 57.6 Å². The van der Waals surface area contributed by atoms with Crippen molar-refractivity contribution in [1.82, 2.24) is 4.90 Å². The van der Waals surface area contributed by atoms with Crippen LogP contribution in [0.15, 0.2) is 36.4 Å². The van der Waals surface area contributed by atoms with Gasteiger partial charge in [-0.05, 0) is 62.4 Å². The van der Waals surface area contributed by atoms with Gasteiger partial charge in [-0.1, -0.05) is 36.4 Å². The minimum atomic E-state index is -0.905. The summed E-state index contributed by atoms with van der Waals surface area (Å²) in [6.07, 6.45) is 2.74. The number of aliphatic hydroxyl groups is 1. The van der Waals surface area contributed by atoms with Crippen LogP contribution >= 0.6 is 0 Å². The van der Waals surface area contributed by atoms with Gasteiger partial charge >= 0.3 is 6.09 Å². The summed E-state index contributed by atoms with van der Waals surface area (Å²) in [5.41, 5.74) is 0.797. The van der Waals surface area contributed by atoms with Crippen molar-refractivity contribution in [3.8, 4) is 0 Å². The van der Waals surface area contributed by atoms with Gasteiger partial charge in [0, 0.05) is 24.9 Å². The average molecular weight is 367 g/mol. The van der Waals surface area contributed by atoms with Crippen molar-refractivity contribution < 1.29 is 14.6 Å². The summed E-state index contributed by atoms with van der Waals surface area (Å²) in [5.74, 6) is 0. The van der Waals surface area contributed by atoms with Gasteiger partial charge < -0.3 is 14.7 Å². The Hall–Kier alpha value is -2.07. The van der Waals surface area contributed by atoms with E-state index in [9.17, 15) is 9.90 Å². The average Bonchev–Trinajstić information content (AvgIpc) is 2.86. The molecule has 2 unspecified atom stereocenters. The van der Waals surface area contributed by atoms with Crippen molar-refractivity contribution in [2.24, 2.45) is 0 Å². The Morgan fingerprint density at radius 2 is 1.67 bits per heavy atom. The first-order valence-electron chi connectivity index (χ1n) is 9.90. The number of benzene rings is 2. The molecular formula is C23H29NO3. The first kappa shape index (κ1) is 18.3. The third-order valence-electron chi connectivity index (χ3n) is 6.01. The molecule has 0 spiro atoms. The van der Waals surface area contributed by atoms with E-state index in [1.807, 2.05) is 37.8 Å². The van der Waals surface area contributed by atoms with Gasteiger partial charge in [0.15, 0.2) is 0 Å². The molecule has 144 valence electrons. The van der Waals surface area contributed by atoms with Crippen LogP contribution in [0.3, 0.4) is 0 Å². The van der Waals surface area contributed by atoms with Crippen molar-refractivity contribution in [3.63, 3.8) is 0 Å². The lowest BCUT2D eigenvalue weighted by molar-refractivity contribution is -0.0616. The summed E-state index contributed by atoms with van der Waals surface area (Å²) in [6.45, 7) is 7.79. The number of ether oxygens (including phenoxy) is 1. The zero-order valence-corrected chi connectivity index (χ0v) is 16.7. The number of hydrogen-bond donors (Lipinski definition) is 1. The van der Waals surface area contributed by atoms with E-state index in [1.165, 1.54) is 10.9 Å². The molecule has 2 atom stereocenters. The second-order valence-electron chi connectivity index (χ2n) is 9.19. The Morgan fingerprint density at radius 1 is 1.07 bits per heavy atom. The molecule has 4 rings (SSSR count). The number of rotatable bonds is 1. The van der Waals surface area contributed by atoms with Crippen LogP contribution in [0, 0.1) is 6.92 Å². The Bertz CT molecular complexity index is 869. The van der Waals surface area contributed by atoms with Gasteiger partial charge in [-0.3, -0.25) is 0 Å². The third kappa shape index (κ3) is 3.20. The van der Waals surface area contributed by atoms with Crippen LogP contribution in [0.2, 0.25) is 0 Å². The molecule has 1 N–H and O–H groups in total. The van der Waals surface area contributed by atoms with Gasteiger partial charge in [0.25, 0.3) is 0 Å². The lowest BCUT2D eigenvalue weighted by Crippen LogP contribution is -2.53. The second-order valence-corrected chi connectivity index (χ2v) is 9.19. The molecule has 2 aromatic rings. The van der Waals surface area contributed by atoms with Gasteiger partial charge in [0.05, 0.1) is 5.60 Å². The topological polar surface area (TPSA) is 49.8 Å². The monoisotopic (exact) mass is 367 g/mol. The summed E-state index contributed by atoms with van der Waals surface area (Å²) in [5, 5.41) is 14.0. The van der Waals surface area contributed by atoms with Gasteiger partial charge in [-0.2, -0.15) is 0 Å². The molecule has 1 amide bonds. The van der Waals surface area contributed by atoms with Crippen molar-refractivity contribution in [3.05, 3.63) is 47.5 Å². The van der Waals surface area contributed by atoms with Crippen molar-refractivity contribution in [1.29, 1.82) is 0 Å². The highest BCUT2D eigenvalue weighted by molar-refractivity contribution is 5.89. The van der Waals surface area contributed by atoms with Crippen LogP contribution < -0.4 is 0 Å². The predicted octanol–water partition coefficient (Wildman–Crippen LogP) is 4.90. The van der Waals surface area contributed by atoms with Gasteiger partial charge in [-0.25, -0.2) is 4.79 Å². The number of nitrogens with zero attached hydrogens (tertiary/aromatic N) is 1. The number of carbonyl (C=O) groups is 1. The normalized spacial score (nSPS) is 27.8. The molecule has 2 bridgehead atoms. The number of fused-ring (bicyclic) bond motifs is 3. The number of piperidine rings is 1. The maximum absolute atomic E-state index is 12.7. The summed E-state index contributed by atoms with van der Waals surface area (Å²) < 4.78 is 5.62. The standard InChI is InChI=1S/C23H29NO3/c1-15-9-12-20(19-8-6-5-7-18(15)19)23(26)13-16-10-11-17(14-23)24(16)21(25)27-22(2,3)4/h5-9,12,16-17,26H,10-11,13-14H2,1-4H3. The molecule has 4 heteroatoms. The molecule has 0 saturated carbocycles. The predicted molar refractivity (Wildman–Crippen MR) is 107 cm³/mol. The minimum Gasteiger partial charge on any atom is -0.444 e. The van der Waals surface area contributed by atoms with Crippen LogP contribution in [0.4, 0.5) is 4.79 Å². The minimum absolute atomic E-state index is 0.0312. The molecule has 2 heterocycles. The number of carbonyl (C=O) groups excluding carboxylic acids is 1. The highest BCUT2D eigenvalue weighted by Gasteiger charge is 2.51. The largest absolute Gasteiger partial charge is 0.444 e. The van der Waals surface area contributed by atoms with Crippen molar-refractivity contribution >= 4 is 16.9 Å². The first-order chi connectivity index (χ1) is 12.7. The number of hydrogen-bond acceptors (Lipinski definition) is 3. The van der Waals surface area contributed by atoms with E-state index in [0.717, 1.165) is 23.8 Å². The molecule has 0 aromatic heterocycles. The SMILES string of the molecule is Cc1ccc(C2(O)CC3CCC(C2)N3C(=O)OC(C)(C)C)c2ccccc12. The van der Waals surface area contributed by atoms with Crippen molar-refractivity contribution in [2.75, 3.05) is 0 Å². The van der Waals surface area contributed by atoms with E-state index >= 15 is 0 Å². The second kappa shape index (κ2) is 6.23. The van der Waals surface area contributed by atoms with Crippen molar-refractivity contribution in [2.45, 2.75) is 76.7 Å². The van der Waals surface area contributed by atoms with E-state index in [1.54, 1.807) is 0 Å². The Morgan fingerprint density at radius 3 is 2.26 bits per heavy atom. The molecule has 2 saturated heterocycles. The van der Waals surface area contributed by atoms with Gasteiger partial charge in [0.2, 0.25) is 0 Å². The fourth-order valence-electron chi connectivity index (χ4n) is 4.91. The zero-order valence-electron chi connectivity index (χ0n) is 16.7. The molecule has 2 aliphatic rings. The van der Waals surface area contributed by atoms with Gasteiger partial charge in [-0.15, -0.1) is 0 Å². The first-order valence-corrected chi connectivity index (χ1v) is 9.90. The Balaban J connectivity index is 1.67. The summed E-state index contributed by atoms with van der Waals surface area (Å²) in [4.78, 5) is 14.6. The molecule has 0 aliphatic carbocycles. The molecule has 2 aliphatic heterocycles. The van der Waals surface area contributed by atoms with E-state index in [2.05, 4.69) is 31.2 Å². The highest BCUT2D eigenvalue weighted by Crippen LogP contribution is 2.47. The summed E-state index contributed by atoms with van der Waals surface area (Å²) in [7, 11) is 0. The number of amides is 1. The number of aryl methyl sites for hydroxylation is 1. The van der Waals surface area contributed by atoms with Crippen LogP contribution in [0.25, 0.3) is 10.8 Å².